The first-order valence-electron chi connectivity index (χ1n) is 7.85. The number of benzene rings is 3. The fourth-order valence-electron chi connectivity index (χ4n) is 2.40. The van der Waals surface area contributed by atoms with E-state index >= 15 is 0 Å². The molecule has 0 fully saturated rings. The SMILES string of the molecule is Nc1ccc(-c2ccc(NC(=O)OCc3ccccc3)c(N)c2)cc1. The predicted octanol–water partition coefficient (Wildman–Crippen LogP) is 4.27. The normalized spacial score (nSPS) is 10.2. The molecule has 1 amide bonds. The van der Waals surface area contributed by atoms with E-state index < -0.39 is 6.09 Å². The van der Waals surface area contributed by atoms with Crippen molar-refractivity contribution in [2.24, 2.45) is 0 Å². The highest BCUT2D eigenvalue weighted by molar-refractivity contribution is 5.90. The minimum atomic E-state index is -0.546. The summed E-state index contributed by atoms with van der Waals surface area (Å²) in [6, 6.07) is 22.4. The van der Waals surface area contributed by atoms with Gasteiger partial charge in [0, 0.05) is 5.69 Å². The van der Waals surface area contributed by atoms with Gasteiger partial charge in [-0.3, -0.25) is 5.32 Å². The average molecular weight is 333 g/mol. The van der Waals surface area contributed by atoms with Gasteiger partial charge in [-0.1, -0.05) is 48.5 Å². The number of anilines is 3. The Morgan fingerprint density at radius 2 is 1.56 bits per heavy atom. The van der Waals surface area contributed by atoms with Crippen LogP contribution in [0.1, 0.15) is 5.56 Å². The van der Waals surface area contributed by atoms with Gasteiger partial charge in [-0.05, 0) is 41.0 Å². The Balaban J connectivity index is 1.64. The lowest BCUT2D eigenvalue weighted by Gasteiger charge is -2.11. The lowest BCUT2D eigenvalue weighted by Crippen LogP contribution is -2.14. The third-order valence-electron chi connectivity index (χ3n) is 3.75. The zero-order valence-electron chi connectivity index (χ0n) is 13.6. The number of ether oxygens (including phenoxy) is 1. The molecule has 5 N–H and O–H groups in total. The van der Waals surface area contributed by atoms with Crippen molar-refractivity contribution in [3.8, 4) is 11.1 Å². The van der Waals surface area contributed by atoms with E-state index in [0.29, 0.717) is 17.1 Å². The second kappa shape index (κ2) is 7.40. The van der Waals surface area contributed by atoms with E-state index in [-0.39, 0.29) is 6.61 Å². The quantitative estimate of drug-likeness (QED) is 0.622. The molecule has 0 radical (unpaired) electrons. The van der Waals surface area contributed by atoms with Gasteiger partial charge >= 0.3 is 6.09 Å². The first kappa shape index (κ1) is 16.4. The highest BCUT2D eigenvalue weighted by atomic mass is 16.5. The minimum absolute atomic E-state index is 0.204. The molecule has 0 aliphatic heterocycles. The summed E-state index contributed by atoms with van der Waals surface area (Å²) in [6.07, 6.45) is -0.546. The van der Waals surface area contributed by atoms with Crippen LogP contribution in [0.3, 0.4) is 0 Å². The first-order chi connectivity index (χ1) is 12.1. The molecule has 0 aliphatic rings. The summed E-state index contributed by atoms with van der Waals surface area (Å²) >= 11 is 0. The van der Waals surface area contributed by atoms with Crippen molar-refractivity contribution < 1.29 is 9.53 Å². The van der Waals surface area contributed by atoms with Crippen LogP contribution in [0.15, 0.2) is 72.8 Å². The van der Waals surface area contributed by atoms with Crippen molar-refractivity contribution in [2.45, 2.75) is 6.61 Å². The molecule has 0 saturated heterocycles. The topological polar surface area (TPSA) is 90.4 Å². The standard InChI is InChI=1S/C20H19N3O2/c21-17-9-6-15(7-10-17)16-8-11-19(18(22)12-16)23-20(24)25-13-14-4-2-1-3-5-14/h1-12H,13,21-22H2,(H,23,24). The van der Waals surface area contributed by atoms with Crippen LogP contribution in [0.4, 0.5) is 21.9 Å². The van der Waals surface area contributed by atoms with Crippen LogP contribution in [-0.2, 0) is 11.3 Å². The van der Waals surface area contributed by atoms with Gasteiger partial charge in [-0.2, -0.15) is 0 Å². The Kier molecular flexibility index (Phi) is 4.85. The van der Waals surface area contributed by atoms with Crippen molar-refractivity contribution in [1.82, 2.24) is 0 Å². The molecule has 0 saturated carbocycles. The molecule has 0 bridgehead atoms. The van der Waals surface area contributed by atoms with E-state index in [1.165, 1.54) is 0 Å². The zero-order chi connectivity index (χ0) is 17.6. The molecule has 0 aromatic heterocycles. The summed E-state index contributed by atoms with van der Waals surface area (Å²) in [4.78, 5) is 11.9. The number of carbonyl (C=O) groups excluding carboxylic acids is 1. The van der Waals surface area contributed by atoms with Crippen LogP contribution < -0.4 is 16.8 Å². The van der Waals surface area contributed by atoms with Crippen molar-refractivity contribution >= 4 is 23.2 Å². The van der Waals surface area contributed by atoms with Gasteiger partial charge in [0.05, 0.1) is 11.4 Å². The lowest BCUT2D eigenvalue weighted by molar-refractivity contribution is 0.155. The fourth-order valence-corrected chi connectivity index (χ4v) is 2.40. The molecule has 0 atom stereocenters. The molecule has 0 spiro atoms. The van der Waals surface area contributed by atoms with Gasteiger partial charge in [-0.15, -0.1) is 0 Å². The largest absolute Gasteiger partial charge is 0.444 e. The van der Waals surface area contributed by atoms with Gasteiger partial charge < -0.3 is 16.2 Å². The molecule has 3 aromatic carbocycles. The van der Waals surface area contributed by atoms with E-state index in [9.17, 15) is 4.79 Å². The molecule has 126 valence electrons. The minimum Gasteiger partial charge on any atom is -0.444 e. The highest BCUT2D eigenvalue weighted by Crippen LogP contribution is 2.27. The molecular formula is C20H19N3O2. The Hall–Kier alpha value is -3.47. The zero-order valence-corrected chi connectivity index (χ0v) is 13.6. The Morgan fingerprint density at radius 1 is 0.880 bits per heavy atom. The number of nitrogens with one attached hydrogen (secondary N) is 1. The summed E-state index contributed by atoms with van der Waals surface area (Å²) in [6.45, 7) is 0.204. The van der Waals surface area contributed by atoms with E-state index in [1.54, 1.807) is 12.1 Å². The highest BCUT2D eigenvalue weighted by Gasteiger charge is 2.08. The summed E-state index contributed by atoms with van der Waals surface area (Å²) in [5.74, 6) is 0. The molecule has 0 heterocycles. The first-order valence-corrected chi connectivity index (χ1v) is 7.85. The molecule has 5 nitrogen and oxygen atoms in total. The van der Waals surface area contributed by atoms with Crippen LogP contribution in [0.2, 0.25) is 0 Å². The smallest absolute Gasteiger partial charge is 0.412 e. The maximum atomic E-state index is 11.9. The van der Waals surface area contributed by atoms with Crippen molar-refractivity contribution in [2.75, 3.05) is 16.8 Å². The second-order valence-corrected chi connectivity index (χ2v) is 5.61. The number of nitrogens with two attached hydrogens (primary N) is 2. The second-order valence-electron chi connectivity index (χ2n) is 5.61. The van der Waals surface area contributed by atoms with Crippen LogP contribution in [0, 0.1) is 0 Å². The molecule has 3 aromatic rings. The van der Waals surface area contributed by atoms with Crippen molar-refractivity contribution in [3.63, 3.8) is 0 Å². The number of rotatable bonds is 4. The van der Waals surface area contributed by atoms with Crippen molar-refractivity contribution in [1.29, 1.82) is 0 Å². The lowest BCUT2D eigenvalue weighted by atomic mass is 10.0. The summed E-state index contributed by atoms with van der Waals surface area (Å²) in [5.41, 5.74) is 16.3. The van der Waals surface area contributed by atoms with E-state index in [1.807, 2.05) is 60.7 Å². The number of nitrogen functional groups attached to an aromatic ring is 2. The predicted molar refractivity (Wildman–Crippen MR) is 101 cm³/mol. The molecule has 25 heavy (non-hydrogen) atoms. The van der Waals surface area contributed by atoms with Crippen LogP contribution in [0.25, 0.3) is 11.1 Å². The summed E-state index contributed by atoms with van der Waals surface area (Å²) in [5, 5.41) is 2.66. The van der Waals surface area contributed by atoms with Gasteiger partial charge in [-0.25, -0.2) is 4.79 Å². The Bertz CT molecular complexity index is 862. The molecule has 3 rings (SSSR count). The Labute approximate surface area is 146 Å². The van der Waals surface area contributed by atoms with E-state index in [2.05, 4.69) is 5.32 Å². The summed E-state index contributed by atoms with van der Waals surface area (Å²) < 4.78 is 5.20. The van der Waals surface area contributed by atoms with Crippen LogP contribution in [-0.4, -0.2) is 6.09 Å². The maximum Gasteiger partial charge on any atom is 0.412 e. The van der Waals surface area contributed by atoms with Gasteiger partial charge in [0.25, 0.3) is 0 Å². The molecule has 5 heteroatoms. The maximum absolute atomic E-state index is 11.9. The van der Waals surface area contributed by atoms with Gasteiger partial charge in [0.15, 0.2) is 0 Å². The number of carbonyl (C=O) groups is 1. The third-order valence-corrected chi connectivity index (χ3v) is 3.75. The average Bonchev–Trinajstić information content (AvgIpc) is 2.63. The van der Waals surface area contributed by atoms with Gasteiger partial charge in [0.1, 0.15) is 6.61 Å². The van der Waals surface area contributed by atoms with Crippen LogP contribution in [0.5, 0.6) is 0 Å². The van der Waals surface area contributed by atoms with Crippen LogP contribution >= 0.6 is 0 Å². The number of amides is 1. The fraction of sp³-hybridized carbons (Fsp3) is 0.0500. The third kappa shape index (κ3) is 4.29. The Morgan fingerprint density at radius 3 is 2.24 bits per heavy atom. The van der Waals surface area contributed by atoms with E-state index in [0.717, 1.165) is 16.7 Å². The number of hydrogen-bond donors (Lipinski definition) is 3. The van der Waals surface area contributed by atoms with Crippen molar-refractivity contribution in [3.05, 3.63) is 78.4 Å². The summed E-state index contributed by atoms with van der Waals surface area (Å²) in [7, 11) is 0. The molecule has 0 unspecified atom stereocenters. The molecular weight excluding hydrogens is 314 g/mol. The number of hydrogen-bond acceptors (Lipinski definition) is 4. The molecule has 0 aliphatic carbocycles. The monoisotopic (exact) mass is 333 g/mol. The van der Waals surface area contributed by atoms with E-state index in [4.69, 9.17) is 16.2 Å². The van der Waals surface area contributed by atoms with Gasteiger partial charge in [0.2, 0.25) is 0 Å².